The van der Waals surface area contributed by atoms with E-state index in [1.54, 1.807) is 25.7 Å². The number of halogens is 4. The van der Waals surface area contributed by atoms with Crippen molar-refractivity contribution in [3.8, 4) is 0 Å². The Morgan fingerprint density at radius 1 is 1.26 bits per heavy atom. The predicted molar refractivity (Wildman–Crippen MR) is 128 cm³/mol. The van der Waals surface area contributed by atoms with E-state index < -0.39 is 35.1 Å². The summed E-state index contributed by atoms with van der Waals surface area (Å²) < 4.78 is 53.8. The number of pyridine rings is 1. The molecule has 12 heteroatoms. The highest BCUT2D eigenvalue weighted by molar-refractivity contribution is 7.99. The number of nitrogens with zero attached hydrogens (tertiary/aromatic N) is 5. The maximum absolute atomic E-state index is 16.9. The van der Waals surface area contributed by atoms with Crippen molar-refractivity contribution in [2.75, 3.05) is 17.2 Å². The van der Waals surface area contributed by atoms with Gasteiger partial charge in [-0.3, -0.25) is 0 Å². The second-order valence-corrected chi connectivity index (χ2v) is 11.8. The number of anilines is 1. The van der Waals surface area contributed by atoms with E-state index in [9.17, 15) is 4.79 Å². The summed E-state index contributed by atoms with van der Waals surface area (Å²) in [6.45, 7) is 6.54. The van der Waals surface area contributed by atoms with Crippen LogP contribution in [0.25, 0.3) is 10.9 Å². The molecule has 2 bridgehead atoms. The van der Waals surface area contributed by atoms with E-state index in [2.05, 4.69) is 15.0 Å². The van der Waals surface area contributed by atoms with Crippen molar-refractivity contribution in [3.63, 3.8) is 0 Å². The molecule has 5 rings (SSSR count). The van der Waals surface area contributed by atoms with Crippen molar-refractivity contribution in [1.82, 2.24) is 19.9 Å². The van der Waals surface area contributed by atoms with E-state index in [1.807, 2.05) is 6.92 Å². The summed E-state index contributed by atoms with van der Waals surface area (Å²) in [7, 11) is 0. The number of rotatable bonds is 2. The van der Waals surface area contributed by atoms with Crippen molar-refractivity contribution in [3.05, 3.63) is 16.7 Å². The summed E-state index contributed by atoms with van der Waals surface area (Å²) >= 11 is 7.36. The van der Waals surface area contributed by atoms with Crippen LogP contribution in [-0.2, 0) is 11.2 Å². The molecule has 3 atom stereocenters. The number of piperazine rings is 1. The molecule has 7 nitrogen and oxygen atoms in total. The molecule has 2 aromatic rings. The van der Waals surface area contributed by atoms with Crippen LogP contribution in [0.15, 0.2) is 5.16 Å². The molecule has 2 saturated heterocycles. The first kappa shape index (κ1) is 24.7. The number of ether oxygens (including phenoxy) is 1. The molecule has 190 valence electrons. The van der Waals surface area contributed by atoms with E-state index in [0.29, 0.717) is 41.0 Å². The van der Waals surface area contributed by atoms with Crippen LogP contribution >= 0.6 is 23.4 Å². The molecule has 0 aliphatic carbocycles. The normalized spacial score (nSPS) is 28.1. The fourth-order valence-electron chi connectivity index (χ4n) is 5.44. The van der Waals surface area contributed by atoms with Crippen LogP contribution < -0.4 is 4.90 Å². The Hall–Kier alpha value is -2.01. The molecule has 3 aliphatic rings. The predicted octanol–water partition coefficient (Wildman–Crippen LogP) is 5.82. The highest BCUT2D eigenvalue weighted by atomic mass is 35.5. The topological polar surface area (TPSA) is 71.5 Å². The van der Waals surface area contributed by atoms with Crippen LogP contribution in [0.3, 0.4) is 0 Å². The number of alkyl halides is 2. The Morgan fingerprint density at radius 3 is 2.69 bits per heavy atom. The quantitative estimate of drug-likeness (QED) is 0.210. The first-order valence-electron chi connectivity index (χ1n) is 11.7. The van der Waals surface area contributed by atoms with Crippen LogP contribution in [0, 0.1) is 5.82 Å². The van der Waals surface area contributed by atoms with Crippen LogP contribution in [-0.4, -0.2) is 61.5 Å². The van der Waals surface area contributed by atoms with Crippen molar-refractivity contribution in [2.45, 2.75) is 88.2 Å². The molecule has 0 aromatic carbocycles. The lowest BCUT2D eigenvalue weighted by Crippen LogP contribution is -2.71. The van der Waals surface area contributed by atoms with Gasteiger partial charge in [0.2, 0.25) is 11.6 Å². The lowest BCUT2D eigenvalue weighted by molar-refractivity contribution is -0.133. The standard InChI is InChI=1S/C23H27ClF3N5O2S/c1-5-35-19-29-16-14-12(28-17(24)15(16)25)7-6-8-13-23(27)10-9-22(26,11-31(13)18(14)30-19)32(23)20(33)34-21(2,3)4/h13H,5-11H2,1-4H3/t13-,22-,23+/m1/s1. The fourth-order valence-corrected chi connectivity index (χ4v) is 6.20. The zero-order chi connectivity index (χ0) is 25.3. The Morgan fingerprint density at radius 2 is 2.00 bits per heavy atom. The number of fused-ring (bicyclic) bond motifs is 5. The average Bonchev–Trinajstić information content (AvgIpc) is 2.96. The van der Waals surface area contributed by atoms with E-state index in [4.69, 9.17) is 16.3 Å². The largest absolute Gasteiger partial charge is 0.444 e. The minimum absolute atomic E-state index is 0.00987. The number of carbonyl (C=O) groups is 1. The van der Waals surface area contributed by atoms with Crippen molar-refractivity contribution >= 4 is 46.2 Å². The molecule has 0 saturated carbocycles. The number of hydrogen-bond donors (Lipinski definition) is 0. The molecule has 3 aliphatic heterocycles. The van der Waals surface area contributed by atoms with Crippen LogP contribution in [0.2, 0.25) is 5.15 Å². The summed E-state index contributed by atoms with van der Waals surface area (Å²) in [6, 6.07) is -0.897. The lowest BCUT2D eigenvalue weighted by Gasteiger charge is -2.52. The minimum Gasteiger partial charge on any atom is -0.444 e. The summed E-state index contributed by atoms with van der Waals surface area (Å²) in [5.41, 5.74) is -0.423. The van der Waals surface area contributed by atoms with Gasteiger partial charge in [0.25, 0.3) is 0 Å². The lowest BCUT2D eigenvalue weighted by atomic mass is 9.91. The highest BCUT2D eigenvalue weighted by Crippen LogP contribution is 2.54. The van der Waals surface area contributed by atoms with Gasteiger partial charge in [0, 0.05) is 12.8 Å². The molecule has 2 fully saturated rings. The minimum atomic E-state index is -2.32. The summed E-state index contributed by atoms with van der Waals surface area (Å²) in [4.78, 5) is 28.5. The first-order valence-corrected chi connectivity index (χ1v) is 13.1. The monoisotopic (exact) mass is 529 g/mol. The van der Waals surface area contributed by atoms with Gasteiger partial charge in [0.15, 0.2) is 16.1 Å². The van der Waals surface area contributed by atoms with Crippen molar-refractivity contribution in [1.29, 1.82) is 0 Å². The van der Waals surface area contributed by atoms with Crippen LogP contribution in [0.1, 0.15) is 59.1 Å². The Balaban J connectivity index is 1.69. The van der Waals surface area contributed by atoms with Gasteiger partial charge in [-0.1, -0.05) is 30.3 Å². The smallest absolute Gasteiger partial charge is 0.415 e. The molecule has 5 heterocycles. The van der Waals surface area contributed by atoms with E-state index in [0.717, 1.165) is 0 Å². The summed E-state index contributed by atoms with van der Waals surface area (Å²) in [6.07, 6.45) is -0.194. The van der Waals surface area contributed by atoms with Crippen molar-refractivity contribution < 1.29 is 22.7 Å². The van der Waals surface area contributed by atoms with Crippen molar-refractivity contribution in [2.24, 2.45) is 0 Å². The SMILES string of the molecule is CCSc1nc2c3c(nc(Cl)c(F)c3n1)CCC[C@H]1N2C[C@@]2(F)CC[C@]1(F)N2C(=O)OC(C)(C)C. The molecule has 0 spiro atoms. The van der Waals surface area contributed by atoms with Crippen LogP contribution in [0.5, 0.6) is 0 Å². The zero-order valence-corrected chi connectivity index (χ0v) is 21.6. The van der Waals surface area contributed by atoms with Gasteiger partial charge in [-0.2, -0.15) is 0 Å². The van der Waals surface area contributed by atoms with Gasteiger partial charge in [-0.05, 0) is 45.8 Å². The molecule has 2 aromatic heterocycles. The molecule has 0 N–H and O–H groups in total. The van der Waals surface area contributed by atoms with Gasteiger partial charge in [0.05, 0.1) is 23.7 Å². The number of hydrogen-bond acceptors (Lipinski definition) is 7. The van der Waals surface area contributed by atoms with E-state index in [1.165, 1.54) is 11.8 Å². The summed E-state index contributed by atoms with van der Waals surface area (Å²) in [5.74, 6) is -4.58. The highest BCUT2D eigenvalue weighted by Gasteiger charge is 2.68. The third kappa shape index (κ3) is 3.89. The third-order valence-electron chi connectivity index (χ3n) is 6.72. The molecule has 0 unspecified atom stereocenters. The molecular formula is C23H27ClF3N5O2S. The first-order chi connectivity index (χ1) is 16.4. The van der Waals surface area contributed by atoms with E-state index >= 15 is 13.2 Å². The molecule has 0 radical (unpaired) electrons. The molecule has 1 amide bonds. The second-order valence-electron chi connectivity index (χ2n) is 10.2. The third-order valence-corrected chi connectivity index (χ3v) is 7.70. The number of aryl methyl sites for hydroxylation is 1. The second kappa shape index (κ2) is 8.26. The zero-order valence-electron chi connectivity index (χ0n) is 20.0. The molecular weight excluding hydrogens is 503 g/mol. The fraction of sp³-hybridized carbons (Fsp3) is 0.652. The van der Waals surface area contributed by atoms with Gasteiger partial charge >= 0.3 is 6.09 Å². The number of aromatic nitrogens is 3. The average molecular weight is 530 g/mol. The van der Waals surface area contributed by atoms with Gasteiger partial charge in [0.1, 0.15) is 16.9 Å². The van der Waals surface area contributed by atoms with Gasteiger partial charge in [-0.15, -0.1) is 0 Å². The Bertz CT molecular complexity index is 1210. The maximum atomic E-state index is 16.9. The number of carbonyl (C=O) groups excluding carboxylic acids is 1. The number of amides is 1. The Labute approximate surface area is 210 Å². The Kier molecular flexibility index (Phi) is 5.82. The number of thioether (sulfide) groups is 1. The van der Waals surface area contributed by atoms with Crippen LogP contribution in [0.4, 0.5) is 23.8 Å². The maximum Gasteiger partial charge on any atom is 0.415 e. The van der Waals surface area contributed by atoms with Gasteiger partial charge in [-0.25, -0.2) is 37.8 Å². The van der Waals surface area contributed by atoms with Gasteiger partial charge < -0.3 is 9.64 Å². The van der Waals surface area contributed by atoms with E-state index in [-0.39, 0.29) is 41.0 Å². The molecule has 35 heavy (non-hydrogen) atoms. The summed E-state index contributed by atoms with van der Waals surface area (Å²) in [5, 5.41) is 0.305.